The van der Waals surface area contributed by atoms with Crippen LogP contribution < -0.4 is 5.32 Å². The summed E-state index contributed by atoms with van der Waals surface area (Å²) in [6.45, 7) is 4.61. The maximum atomic E-state index is 13.1. The molecule has 0 unspecified atom stereocenters. The third kappa shape index (κ3) is 3.48. The summed E-state index contributed by atoms with van der Waals surface area (Å²) in [4.78, 5) is 30.7. The first kappa shape index (κ1) is 18.9. The molecule has 2 heterocycles. The van der Waals surface area contributed by atoms with Crippen LogP contribution in [0.4, 0.5) is 0 Å². The van der Waals surface area contributed by atoms with Crippen LogP contribution in [0.15, 0.2) is 6.07 Å². The first-order chi connectivity index (χ1) is 13.4. The molecule has 8 nitrogen and oxygen atoms in total. The van der Waals surface area contributed by atoms with Crippen LogP contribution in [0.3, 0.4) is 0 Å². The quantitative estimate of drug-likeness (QED) is 0.754. The second-order valence-electron chi connectivity index (χ2n) is 8.03. The van der Waals surface area contributed by atoms with Crippen molar-refractivity contribution in [1.82, 2.24) is 25.0 Å². The molecule has 2 aliphatic rings. The lowest BCUT2D eigenvalue weighted by atomic mass is 9.85. The minimum Gasteiger partial charge on any atom is -0.480 e. The fraction of sp³-hybridized carbons (Fsp3) is 0.600. The van der Waals surface area contributed by atoms with E-state index in [4.69, 9.17) is 10.1 Å². The van der Waals surface area contributed by atoms with Crippen molar-refractivity contribution in [3.63, 3.8) is 0 Å². The maximum Gasteiger partial charge on any atom is 0.317 e. The highest BCUT2D eigenvalue weighted by Crippen LogP contribution is 2.40. The molecule has 0 saturated heterocycles. The van der Waals surface area contributed by atoms with Crippen molar-refractivity contribution >= 4 is 22.9 Å². The van der Waals surface area contributed by atoms with Crippen molar-refractivity contribution < 1.29 is 14.7 Å². The number of fused-ring (bicyclic) bond motifs is 1. The van der Waals surface area contributed by atoms with Crippen molar-refractivity contribution in [2.75, 3.05) is 13.1 Å². The summed E-state index contributed by atoms with van der Waals surface area (Å²) >= 11 is 0. The number of carboxylic acid groups (broad SMARTS) is 1. The van der Waals surface area contributed by atoms with Crippen LogP contribution >= 0.6 is 0 Å². The Kier molecular flexibility index (Phi) is 4.82. The topological polar surface area (TPSA) is 100 Å². The number of carboxylic acids is 1. The highest BCUT2D eigenvalue weighted by atomic mass is 16.4. The van der Waals surface area contributed by atoms with E-state index >= 15 is 0 Å². The zero-order valence-corrected chi connectivity index (χ0v) is 16.6. The van der Waals surface area contributed by atoms with Crippen LogP contribution in [-0.2, 0) is 11.8 Å². The number of aryl methyl sites for hydroxylation is 2. The Hall–Kier alpha value is -2.48. The van der Waals surface area contributed by atoms with E-state index in [9.17, 15) is 9.59 Å². The van der Waals surface area contributed by atoms with E-state index in [2.05, 4.69) is 10.4 Å². The Morgan fingerprint density at radius 1 is 1.36 bits per heavy atom. The standard InChI is InChI=1S/C20H27N5O3/c1-4-25(10-17(26)27)14-7-13(8-14)21-20(28)15-9-16(12-5-6-12)22-19-18(15)11(2)23-24(19)3/h9,12-14H,4-8,10H2,1-3H3,(H,21,28)(H,26,27). The molecule has 0 atom stereocenters. The van der Waals surface area contributed by atoms with E-state index in [1.165, 1.54) is 0 Å². The number of nitrogens with one attached hydrogen (secondary N) is 1. The minimum absolute atomic E-state index is 0.0481. The number of pyridine rings is 1. The van der Waals surface area contributed by atoms with E-state index in [0.717, 1.165) is 48.1 Å². The van der Waals surface area contributed by atoms with E-state index in [1.807, 2.05) is 31.9 Å². The number of rotatable bonds is 7. The molecule has 0 spiro atoms. The number of nitrogens with zero attached hydrogens (tertiary/aromatic N) is 4. The SMILES string of the molecule is CCN(CC(=O)O)C1CC(NC(=O)c2cc(C3CC3)nc3c2c(C)nn3C)C1. The van der Waals surface area contributed by atoms with Gasteiger partial charge in [0, 0.05) is 30.7 Å². The van der Waals surface area contributed by atoms with Crippen molar-refractivity contribution in [2.24, 2.45) is 7.05 Å². The van der Waals surface area contributed by atoms with Gasteiger partial charge in [0.2, 0.25) is 0 Å². The molecule has 28 heavy (non-hydrogen) atoms. The van der Waals surface area contributed by atoms with E-state index in [0.29, 0.717) is 18.0 Å². The van der Waals surface area contributed by atoms with Crippen LogP contribution in [0, 0.1) is 6.92 Å². The molecule has 8 heteroatoms. The molecule has 0 radical (unpaired) electrons. The van der Waals surface area contributed by atoms with Gasteiger partial charge < -0.3 is 10.4 Å². The average Bonchev–Trinajstić information content (AvgIpc) is 3.42. The monoisotopic (exact) mass is 385 g/mol. The summed E-state index contributed by atoms with van der Waals surface area (Å²) < 4.78 is 1.75. The van der Waals surface area contributed by atoms with Gasteiger partial charge in [-0.1, -0.05) is 6.92 Å². The number of carbonyl (C=O) groups excluding carboxylic acids is 1. The third-order valence-electron chi connectivity index (χ3n) is 5.94. The van der Waals surface area contributed by atoms with Crippen LogP contribution in [-0.4, -0.2) is 61.8 Å². The van der Waals surface area contributed by atoms with Gasteiger partial charge in [-0.05, 0) is 45.2 Å². The van der Waals surface area contributed by atoms with Crippen molar-refractivity contribution in [3.8, 4) is 0 Å². The summed E-state index contributed by atoms with van der Waals surface area (Å²) in [5.74, 6) is -0.448. The average molecular weight is 385 g/mol. The number of amides is 1. The number of aliphatic carboxylic acids is 1. The molecule has 150 valence electrons. The Labute approximate surface area is 163 Å². The first-order valence-corrected chi connectivity index (χ1v) is 9.98. The smallest absolute Gasteiger partial charge is 0.317 e. The molecule has 4 rings (SSSR count). The molecule has 2 fully saturated rings. The predicted octanol–water partition coefficient (Wildman–Crippen LogP) is 1.82. The van der Waals surface area contributed by atoms with Gasteiger partial charge in [-0.15, -0.1) is 0 Å². The second-order valence-corrected chi connectivity index (χ2v) is 8.03. The Morgan fingerprint density at radius 3 is 2.68 bits per heavy atom. The normalized spacial score (nSPS) is 21.7. The Balaban J connectivity index is 1.50. The first-order valence-electron chi connectivity index (χ1n) is 9.98. The van der Waals surface area contributed by atoms with Crippen molar-refractivity contribution in [2.45, 2.75) is 57.5 Å². The predicted molar refractivity (Wildman–Crippen MR) is 104 cm³/mol. The molecular formula is C20H27N5O3. The molecular weight excluding hydrogens is 358 g/mol. The molecule has 2 N–H and O–H groups in total. The maximum absolute atomic E-state index is 13.1. The second kappa shape index (κ2) is 7.16. The van der Waals surface area contributed by atoms with Gasteiger partial charge in [-0.2, -0.15) is 5.10 Å². The van der Waals surface area contributed by atoms with Gasteiger partial charge >= 0.3 is 5.97 Å². The zero-order chi connectivity index (χ0) is 20.0. The molecule has 2 aromatic heterocycles. The van der Waals surface area contributed by atoms with Gasteiger partial charge in [0.25, 0.3) is 5.91 Å². The van der Waals surface area contributed by atoms with Crippen LogP contribution in [0.25, 0.3) is 11.0 Å². The molecule has 0 aromatic carbocycles. The fourth-order valence-corrected chi connectivity index (χ4v) is 4.17. The number of likely N-dealkylation sites (N-methyl/N-ethyl adjacent to an activating group) is 1. The molecule has 2 aromatic rings. The third-order valence-corrected chi connectivity index (χ3v) is 5.94. The van der Waals surface area contributed by atoms with Crippen molar-refractivity contribution in [1.29, 1.82) is 0 Å². The van der Waals surface area contributed by atoms with E-state index in [-0.39, 0.29) is 24.5 Å². The summed E-state index contributed by atoms with van der Waals surface area (Å²) in [6, 6.07) is 2.22. The molecule has 2 saturated carbocycles. The number of hydrogen-bond acceptors (Lipinski definition) is 5. The summed E-state index contributed by atoms with van der Waals surface area (Å²) in [5, 5.41) is 17.4. The molecule has 2 aliphatic carbocycles. The van der Waals surface area contributed by atoms with Crippen LogP contribution in [0.1, 0.15) is 60.3 Å². The Bertz CT molecular complexity index is 928. The fourth-order valence-electron chi connectivity index (χ4n) is 4.17. The number of aromatic nitrogens is 3. The highest BCUT2D eigenvalue weighted by molar-refractivity contribution is 6.06. The van der Waals surface area contributed by atoms with Crippen molar-refractivity contribution in [3.05, 3.63) is 23.0 Å². The Morgan fingerprint density at radius 2 is 2.07 bits per heavy atom. The molecule has 0 aliphatic heterocycles. The largest absolute Gasteiger partial charge is 0.480 e. The number of hydrogen-bond donors (Lipinski definition) is 2. The minimum atomic E-state index is -0.812. The van der Waals surface area contributed by atoms with Gasteiger partial charge in [-0.25, -0.2) is 4.98 Å². The molecule has 1 amide bonds. The number of carbonyl (C=O) groups is 2. The summed E-state index contributed by atoms with van der Waals surface area (Å²) in [7, 11) is 1.86. The van der Waals surface area contributed by atoms with E-state index in [1.54, 1.807) is 4.68 Å². The zero-order valence-electron chi connectivity index (χ0n) is 16.6. The summed E-state index contributed by atoms with van der Waals surface area (Å²) in [6.07, 6.45) is 3.81. The summed E-state index contributed by atoms with van der Waals surface area (Å²) in [5.41, 5.74) is 3.20. The lowest BCUT2D eigenvalue weighted by Crippen LogP contribution is -2.54. The van der Waals surface area contributed by atoms with Gasteiger partial charge in [0.05, 0.1) is 23.2 Å². The lowest BCUT2D eigenvalue weighted by Gasteiger charge is -2.42. The van der Waals surface area contributed by atoms with E-state index < -0.39 is 5.97 Å². The highest BCUT2D eigenvalue weighted by Gasteiger charge is 2.35. The van der Waals surface area contributed by atoms with Crippen LogP contribution in [0.5, 0.6) is 0 Å². The molecule has 0 bridgehead atoms. The van der Waals surface area contributed by atoms with Crippen LogP contribution in [0.2, 0.25) is 0 Å². The van der Waals surface area contributed by atoms with Gasteiger partial charge in [-0.3, -0.25) is 19.2 Å². The van der Waals surface area contributed by atoms with Gasteiger partial charge in [0.1, 0.15) is 0 Å². The van der Waals surface area contributed by atoms with Gasteiger partial charge in [0.15, 0.2) is 5.65 Å². The lowest BCUT2D eigenvalue weighted by molar-refractivity contribution is -0.139.